The Morgan fingerprint density at radius 2 is 1.89 bits per heavy atom. The smallest absolute Gasteiger partial charge is 0.264 e. The van der Waals surface area contributed by atoms with Crippen LogP contribution in [0.15, 0.2) is 40.7 Å². The van der Waals surface area contributed by atoms with Crippen LogP contribution in [0.2, 0.25) is 5.02 Å². The topological polar surface area (TPSA) is 64.1 Å². The number of carbonyl (C=O) groups is 1. The molecule has 2 aromatic carbocycles. The summed E-state index contributed by atoms with van der Waals surface area (Å²) in [6.45, 7) is 5.90. The van der Waals surface area contributed by atoms with Crippen molar-refractivity contribution in [2.24, 2.45) is 0 Å². The lowest BCUT2D eigenvalue weighted by molar-refractivity contribution is -0.118. The van der Waals surface area contributed by atoms with Crippen LogP contribution in [-0.4, -0.2) is 22.7 Å². The molecule has 0 saturated carbocycles. The number of benzene rings is 2. The van der Waals surface area contributed by atoms with Crippen LogP contribution in [-0.2, 0) is 10.5 Å². The fraction of sp³-hybridized carbons (Fsp3) is 0.250. The number of ether oxygens (including phenoxy) is 1. The monoisotopic (exact) mass is 433 g/mol. The van der Waals surface area contributed by atoms with Crippen molar-refractivity contribution in [2.45, 2.75) is 30.9 Å². The van der Waals surface area contributed by atoms with Crippen LogP contribution >= 0.6 is 34.7 Å². The summed E-state index contributed by atoms with van der Waals surface area (Å²) in [5.74, 6) is 1.17. The van der Waals surface area contributed by atoms with Gasteiger partial charge in [-0.3, -0.25) is 10.1 Å². The summed E-state index contributed by atoms with van der Waals surface area (Å²) in [4.78, 5) is 12.2. The minimum atomic E-state index is -0.266. The zero-order chi connectivity index (χ0) is 20.1. The molecule has 0 spiro atoms. The number of aromatic nitrogens is 2. The summed E-state index contributed by atoms with van der Waals surface area (Å²) in [6, 6.07) is 11.8. The predicted octanol–water partition coefficient (Wildman–Crippen LogP) is 5.43. The molecule has 0 bridgehead atoms. The molecule has 28 heavy (non-hydrogen) atoms. The molecule has 1 N–H and O–H groups in total. The molecule has 0 atom stereocenters. The molecule has 8 heteroatoms. The maximum atomic E-state index is 12.2. The number of rotatable bonds is 7. The number of aryl methyl sites for hydroxylation is 3. The van der Waals surface area contributed by atoms with Crippen molar-refractivity contribution in [3.8, 4) is 5.75 Å². The van der Waals surface area contributed by atoms with E-state index >= 15 is 0 Å². The third-order valence-corrected chi connectivity index (χ3v) is 6.30. The van der Waals surface area contributed by atoms with E-state index in [1.54, 1.807) is 0 Å². The van der Waals surface area contributed by atoms with Crippen molar-refractivity contribution < 1.29 is 9.53 Å². The Labute approximate surface area is 177 Å². The Morgan fingerprint density at radius 3 is 2.61 bits per heavy atom. The van der Waals surface area contributed by atoms with Gasteiger partial charge in [-0.2, -0.15) is 0 Å². The molecule has 0 fully saturated rings. The van der Waals surface area contributed by atoms with Crippen LogP contribution in [0, 0.1) is 20.8 Å². The molecule has 1 aromatic heterocycles. The Bertz CT molecular complexity index is 968. The summed E-state index contributed by atoms with van der Waals surface area (Å²) in [5.41, 5.74) is 4.23. The first-order valence-electron chi connectivity index (χ1n) is 8.62. The van der Waals surface area contributed by atoms with Crippen molar-refractivity contribution in [1.82, 2.24) is 10.2 Å². The maximum Gasteiger partial charge on any atom is 0.264 e. The third-order valence-electron chi connectivity index (χ3n) is 3.91. The van der Waals surface area contributed by atoms with E-state index in [0.29, 0.717) is 10.9 Å². The lowest BCUT2D eigenvalue weighted by Gasteiger charge is -2.12. The van der Waals surface area contributed by atoms with Gasteiger partial charge in [0.1, 0.15) is 5.75 Å². The second-order valence-electron chi connectivity index (χ2n) is 6.32. The first-order valence-corrected chi connectivity index (χ1v) is 10.8. The summed E-state index contributed by atoms with van der Waals surface area (Å²) in [7, 11) is 0. The molecule has 1 amide bonds. The van der Waals surface area contributed by atoms with Crippen LogP contribution in [0.4, 0.5) is 5.13 Å². The van der Waals surface area contributed by atoms with Crippen molar-refractivity contribution >= 4 is 45.7 Å². The Balaban J connectivity index is 1.52. The van der Waals surface area contributed by atoms with E-state index in [9.17, 15) is 4.79 Å². The quantitative estimate of drug-likeness (QED) is 0.397. The van der Waals surface area contributed by atoms with Gasteiger partial charge in [-0.05, 0) is 43.5 Å². The molecule has 1 heterocycles. The molecule has 146 valence electrons. The van der Waals surface area contributed by atoms with Gasteiger partial charge in [0.25, 0.3) is 5.91 Å². The third kappa shape index (κ3) is 5.47. The van der Waals surface area contributed by atoms with Gasteiger partial charge in [-0.25, -0.2) is 0 Å². The van der Waals surface area contributed by atoms with E-state index in [-0.39, 0.29) is 12.5 Å². The van der Waals surface area contributed by atoms with Gasteiger partial charge < -0.3 is 4.74 Å². The van der Waals surface area contributed by atoms with Crippen molar-refractivity contribution in [3.63, 3.8) is 0 Å². The fourth-order valence-corrected chi connectivity index (χ4v) is 4.81. The van der Waals surface area contributed by atoms with Crippen molar-refractivity contribution in [3.05, 3.63) is 63.7 Å². The van der Waals surface area contributed by atoms with E-state index in [1.165, 1.54) is 28.7 Å². The summed E-state index contributed by atoms with van der Waals surface area (Å²) in [5, 5.41) is 12.0. The number of hydrogen-bond acceptors (Lipinski definition) is 6. The summed E-state index contributed by atoms with van der Waals surface area (Å²) in [6.07, 6.45) is 0. The average Bonchev–Trinajstić information content (AvgIpc) is 3.07. The molecule has 0 aliphatic rings. The van der Waals surface area contributed by atoms with Gasteiger partial charge in [0.2, 0.25) is 5.13 Å². The number of nitrogens with one attached hydrogen (secondary N) is 1. The second kappa shape index (κ2) is 9.41. The van der Waals surface area contributed by atoms with Gasteiger partial charge >= 0.3 is 0 Å². The maximum absolute atomic E-state index is 12.2. The molecule has 3 rings (SSSR count). The molecular formula is C20H20ClN3O2S2. The van der Waals surface area contributed by atoms with E-state index in [4.69, 9.17) is 16.3 Å². The first-order chi connectivity index (χ1) is 13.4. The second-order valence-corrected chi connectivity index (χ2v) is 8.93. The van der Waals surface area contributed by atoms with E-state index < -0.39 is 0 Å². The average molecular weight is 434 g/mol. The fourth-order valence-electron chi connectivity index (χ4n) is 2.76. The molecule has 5 nitrogen and oxygen atoms in total. The Hall–Kier alpha value is -2.09. The van der Waals surface area contributed by atoms with E-state index in [1.807, 2.05) is 57.2 Å². The van der Waals surface area contributed by atoms with Crippen LogP contribution in [0.1, 0.15) is 22.3 Å². The van der Waals surface area contributed by atoms with Gasteiger partial charge in [0.15, 0.2) is 10.9 Å². The first kappa shape index (κ1) is 20.6. The number of hydrogen-bond donors (Lipinski definition) is 1. The van der Waals surface area contributed by atoms with Crippen molar-refractivity contribution in [1.29, 1.82) is 0 Å². The summed E-state index contributed by atoms with van der Waals surface area (Å²) < 4.78 is 6.47. The number of nitrogens with zero attached hydrogens (tertiary/aromatic N) is 2. The number of halogens is 1. The van der Waals surface area contributed by atoms with Gasteiger partial charge in [0, 0.05) is 10.8 Å². The largest absolute Gasteiger partial charge is 0.483 e. The van der Waals surface area contributed by atoms with Crippen LogP contribution < -0.4 is 10.1 Å². The molecular weight excluding hydrogens is 414 g/mol. The zero-order valence-electron chi connectivity index (χ0n) is 15.8. The minimum absolute atomic E-state index is 0.0770. The van der Waals surface area contributed by atoms with Gasteiger partial charge in [0.05, 0.1) is 0 Å². The highest BCUT2D eigenvalue weighted by Crippen LogP contribution is 2.30. The van der Waals surface area contributed by atoms with Crippen LogP contribution in [0.25, 0.3) is 0 Å². The lowest BCUT2D eigenvalue weighted by atomic mass is 10.1. The van der Waals surface area contributed by atoms with Gasteiger partial charge in [-0.15, -0.1) is 10.2 Å². The number of carbonyl (C=O) groups excluding carboxylic acids is 1. The minimum Gasteiger partial charge on any atom is -0.483 e. The van der Waals surface area contributed by atoms with Gasteiger partial charge in [-0.1, -0.05) is 70.6 Å². The Kier molecular flexibility index (Phi) is 6.93. The number of amides is 1. The molecule has 3 aromatic rings. The highest BCUT2D eigenvalue weighted by molar-refractivity contribution is 8.00. The molecule has 0 unspecified atom stereocenters. The highest BCUT2D eigenvalue weighted by Gasteiger charge is 2.12. The SMILES string of the molecule is Cc1cc(C)c(OCC(=O)Nc2nnc(SCc3ccccc3Cl)s2)c(C)c1. The zero-order valence-corrected chi connectivity index (χ0v) is 18.2. The summed E-state index contributed by atoms with van der Waals surface area (Å²) >= 11 is 9.02. The normalized spacial score (nSPS) is 10.7. The van der Waals surface area contributed by atoms with E-state index in [0.717, 1.165) is 31.8 Å². The van der Waals surface area contributed by atoms with Crippen molar-refractivity contribution in [2.75, 3.05) is 11.9 Å². The highest BCUT2D eigenvalue weighted by atomic mass is 35.5. The van der Waals surface area contributed by atoms with Crippen LogP contribution in [0.5, 0.6) is 5.75 Å². The number of thioether (sulfide) groups is 1. The van der Waals surface area contributed by atoms with E-state index in [2.05, 4.69) is 15.5 Å². The molecule has 0 aliphatic heterocycles. The molecule has 0 saturated heterocycles. The van der Waals surface area contributed by atoms with Crippen LogP contribution in [0.3, 0.4) is 0 Å². The molecule has 0 radical (unpaired) electrons. The number of anilines is 1. The molecule has 0 aliphatic carbocycles. The standard InChI is InChI=1S/C20H20ClN3O2S2/c1-12-8-13(2)18(14(3)9-12)26-10-17(25)22-19-23-24-20(28-19)27-11-15-6-4-5-7-16(15)21/h4-9H,10-11H2,1-3H3,(H,22,23,25). The lowest BCUT2D eigenvalue weighted by Crippen LogP contribution is -2.20. The Morgan fingerprint density at radius 1 is 1.18 bits per heavy atom. The predicted molar refractivity (Wildman–Crippen MR) is 116 cm³/mol.